The van der Waals surface area contributed by atoms with Crippen LogP contribution in [0.3, 0.4) is 0 Å². The number of carbonyl (C=O) groups is 1. The Morgan fingerprint density at radius 2 is 2.33 bits per heavy atom. The molecule has 1 aromatic rings. The quantitative estimate of drug-likeness (QED) is 0.837. The lowest BCUT2D eigenvalue weighted by Gasteiger charge is -2.20. The topological polar surface area (TPSA) is 38.3 Å². The minimum absolute atomic E-state index is 0.0652. The first-order valence-electron chi connectivity index (χ1n) is 4.97. The van der Waals surface area contributed by atoms with Gasteiger partial charge in [-0.05, 0) is 17.4 Å². The Balaban J connectivity index is 2.64. The minimum atomic E-state index is -0.0652. The van der Waals surface area contributed by atoms with Crippen LogP contribution in [-0.4, -0.2) is 19.6 Å². The fourth-order valence-electron chi connectivity index (χ4n) is 1.38. The van der Waals surface area contributed by atoms with Crippen LogP contribution in [-0.2, 0) is 9.53 Å². The van der Waals surface area contributed by atoms with Crippen LogP contribution in [0.5, 0.6) is 0 Å². The molecular weight excluding hydrogens is 210 g/mol. The van der Waals surface area contributed by atoms with E-state index >= 15 is 0 Å². The summed E-state index contributed by atoms with van der Waals surface area (Å²) in [6, 6.07) is 4.13. The third-order valence-electron chi connectivity index (χ3n) is 2.11. The van der Waals surface area contributed by atoms with E-state index in [1.807, 2.05) is 17.5 Å². The van der Waals surface area contributed by atoms with E-state index in [4.69, 9.17) is 4.74 Å². The van der Waals surface area contributed by atoms with Gasteiger partial charge >= 0.3 is 0 Å². The van der Waals surface area contributed by atoms with Crippen LogP contribution < -0.4 is 5.32 Å². The number of thiophene rings is 1. The maximum Gasteiger partial charge on any atom is 0.246 e. The molecule has 0 aliphatic carbocycles. The van der Waals surface area contributed by atoms with Gasteiger partial charge in [-0.25, -0.2) is 0 Å². The molecule has 1 amide bonds. The summed E-state index contributed by atoms with van der Waals surface area (Å²) >= 11 is 1.66. The van der Waals surface area contributed by atoms with Crippen molar-refractivity contribution in [1.29, 1.82) is 0 Å². The summed E-state index contributed by atoms with van der Waals surface area (Å²) in [5, 5.41) is 4.99. The summed E-state index contributed by atoms with van der Waals surface area (Å²) in [5.74, 6) is 0.314. The summed E-state index contributed by atoms with van der Waals surface area (Å²) in [5.41, 5.74) is 0. The molecule has 1 rings (SSSR count). The molecule has 0 radical (unpaired) electrons. The summed E-state index contributed by atoms with van der Waals surface area (Å²) in [4.78, 5) is 12.6. The molecule has 0 saturated carbocycles. The van der Waals surface area contributed by atoms with Crippen LogP contribution in [0.2, 0.25) is 0 Å². The molecule has 1 heterocycles. The monoisotopic (exact) mass is 227 g/mol. The Hall–Kier alpha value is -0.870. The van der Waals surface area contributed by atoms with Gasteiger partial charge in [0.2, 0.25) is 5.91 Å². The predicted octanol–water partition coefficient (Wildman–Crippen LogP) is 2.21. The molecule has 0 spiro atoms. The standard InChI is InChI=1S/C11H17NO2S/c1-8(2)11(9-5-4-6-15-9)12-10(13)7-14-3/h4-6,8,11H,7H2,1-3H3,(H,12,13)/t11-/m1/s1. The van der Waals surface area contributed by atoms with E-state index in [0.717, 1.165) is 0 Å². The van der Waals surface area contributed by atoms with Crippen molar-refractivity contribution < 1.29 is 9.53 Å². The van der Waals surface area contributed by atoms with Gasteiger partial charge in [0, 0.05) is 12.0 Å². The molecule has 0 saturated heterocycles. The van der Waals surface area contributed by atoms with Crippen LogP contribution in [0.4, 0.5) is 0 Å². The number of hydrogen-bond acceptors (Lipinski definition) is 3. The predicted molar refractivity (Wildman–Crippen MR) is 61.9 cm³/mol. The Bertz CT molecular complexity index is 296. The smallest absolute Gasteiger partial charge is 0.246 e. The Kier molecular flexibility index (Phi) is 4.78. The van der Waals surface area contributed by atoms with Crippen LogP contribution in [0.15, 0.2) is 17.5 Å². The van der Waals surface area contributed by atoms with Crippen LogP contribution in [0.1, 0.15) is 24.8 Å². The van der Waals surface area contributed by atoms with Crippen LogP contribution in [0, 0.1) is 5.92 Å². The molecule has 3 nitrogen and oxygen atoms in total. The van der Waals surface area contributed by atoms with Gasteiger partial charge in [0.15, 0.2) is 0 Å². The highest BCUT2D eigenvalue weighted by Gasteiger charge is 2.18. The second kappa shape index (κ2) is 5.88. The fourth-order valence-corrected chi connectivity index (χ4v) is 2.33. The molecule has 1 atom stereocenters. The molecule has 1 N–H and O–H groups in total. The third-order valence-corrected chi connectivity index (χ3v) is 3.06. The van der Waals surface area contributed by atoms with Gasteiger partial charge in [-0.2, -0.15) is 0 Å². The summed E-state index contributed by atoms with van der Waals surface area (Å²) in [6.07, 6.45) is 0. The Morgan fingerprint density at radius 1 is 1.60 bits per heavy atom. The minimum Gasteiger partial charge on any atom is -0.375 e. The van der Waals surface area contributed by atoms with Crippen molar-refractivity contribution in [3.8, 4) is 0 Å². The molecule has 4 heteroatoms. The lowest BCUT2D eigenvalue weighted by molar-refractivity contribution is -0.125. The Labute approximate surface area is 94.5 Å². The lowest BCUT2D eigenvalue weighted by Crippen LogP contribution is -2.33. The summed E-state index contributed by atoms with van der Waals surface area (Å²) in [6.45, 7) is 4.31. The third kappa shape index (κ3) is 3.64. The van der Waals surface area contributed by atoms with E-state index in [9.17, 15) is 4.79 Å². The molecule has 0 unspecified atom stereocenters. The van der Waals surface area contributed by atoms with Gasteiger partial charge in [0.05, 0.1) is 6.04 Å². The second-order valence-corrected chi connectivity index (χ2v) is 4.72. The molecular formula is C11H17NO2S. The van der Waals surface area contributed by atoms with Crippen LogP contribution >= 0.6 is 11.3 Å². The highest BCUT2D eigenvalue weighted by atomic mass is 32.1. The second-order valence-electron chi connectivity index (χ2n) is 3.74. The average molecular weight is 227 g/mol. The zero-order chi connectivity index (χ0) is 11.3. The van der Waals surface area contributed by atoms with Gasteiger partial charge < -0.3 is 10.1 Å². The molecule has 1 aromatic heterocycles. The van der Waals surface area contributed by atoms with Crippen molar-refractivity contribution in [2.45, 2.75) is 19.9 Å². The van der Waals surface area contributed by atoms with E-state index in [1.165, 1.54) is 12.0 Å². The molecule has 15 heavy (non-hydrogen) atoms. The molecule has 84 valence electrons. The molecule has 0 aliphatic heterocycles. The normalized spacial score (nSPS) is 12.8. The van der Waals surface area contributed by atoms with E-state index in [0.29, 0.717) is 5.92 Å². The SMILES string of the molecule is COCC(=O)N[C@@H](c1cccs1)C(C)C. The zero-order valence-corrected chi connectivity index (χ0v) is 10.1. The van der Waals surface area contributed by atoms with Gasteiger partial charge in [-0.15, -0.1) is 11.3 Å². The number of rotatable bonds is 5. The van der Waals surface area contributed by atoms with Crippen molar-refractivity contribution in [2.75, 3.05) is 13.7 Å². The first-order chi connectivity index (χ1) is 7.15. The van der Waals surface area contributed by atoms with Crippen molar-refractivity contribution in [3.05, 3.63) is 22.4 Å². The molecule has 0 fully saturated rings. The van der Waals surface area contributed by atoms with Crippen molar-refractivity contribution in [2.24, 2.45) is 5.92 Å². The van der Waals surface area contributed by atoms with Crippen molar-refractivity contribution in [1.82, 2.24) is 5.32 Å². The average Bonchev–Trinajstić information content (AvgIpc) is 2.66. The first kappa shape index (κ1) is 12.2. The number of amides is 1. The van der Waals surface area contributed by atoms with E-state index in [1.54, 1.807) is 11.3 Å². The van der Waals surface area contributed by atoms with Gasteiger partial charge in [0.25, 0.3) is 0 Å². The lowest BCUT2D eigenvalue weighted by atomic mass is 10.0. The molecule has 0 aliphatic rings. The Morgan fingerprint density at radius 3 is 2.80 bits per heavy atom. The van der Waals surface area contributed by atoms with Gasteiger partial charge in [-0.1, -0.05) is 19.9 Å². The number of nitrogens with one attached hydrogen (secondary N) is 1. The fraction of sp³-hybridized carbons (Fsp3) is 0.545. The number of methoxy groups -OCH3 is 1. The number of ether oxygens (including phenoxy) is 1. The van der Waals surface area contributed by atoms with Crippen molar-refractivity contribution in [3.63, 3.8) is 0 Å². The maximum atomic E-state index is 11.4. The summed E-state index contributed by atoms with van der Waals surface area (Å²) in [7, 11) is 1.52. The van der Waals surface area contributed by atoms with Gasteiger partial charge in [0.1, 0.15) is 6.61 Å². The number of carbonyl (C=O) groups excluding carboxylic acids is 1. The largest absolute Gasteiger partial charge is 0.375 e. The van der Waals surface area contributed by atoms with Gasteiger partial charge in [-0.3, -0.25) is 4.79 Å². The van der Waals surface area contributed by atoms with E-state index in [-0.39, 0.29) is 18.6 Å². The number of hydrogen-bond donors (Lipinski definition) is 1. The van der Waals surface area contributed by atoms with Crippen molar-refractivity contribution >= 4 is 17.2 Å². The molecule has 0 aromatic carbocycles. The van der Waals surface area contributed by atoms with E-state index in [2.05, 4.69) is 19.2 Å². The highest BCUT2D eigenvalue weighted by molar-refractivity contribution is 7.10. The van der Waals surface area contributed by atoms with E-state index < -0.39 is 0 Å². The molecule has 0 bridgehead atoms. The zero-order valence-electron chi connectivity index (χ0n) is 9.32. The highest BCUT2D eigenvalue weighted by Crippen LogP contribution is 2.25. The first-order valence-corrected chi connectivity index (χ1v) is 5.84. The van der Waals surface area contributed by atoms with Crippen LogP contribution in [0.25, 0.3) is 0 Å². The maximum absolute atomic E-state index is 11.4. The summed E-state index contributed by atoms with van der Waals surface area (Å²) < 4.78 is 4.79.